The average Bonchev–Trinajstić information content (AvgIpc) is 2.82. The number of hydrogen-bond donors (Lipinski definition) is 1. The van der Waals surface area contributed by atoms with Gasteiger partial charge in [-0.05, 0) is 36.8 Å². The Hall–Kier alpha value is -3.86. The number of rotatable bonds is 8. The SMILES string of the molecule is CCOC(=O)C(C(=NCc1ccccc1)c1ccccc1)=C(O)c1ccc(OC)cc1. The van der Waals surface area contributed by atoms with Gasteiger partial charge in [0.05, 0.1) is 26.0 Å². The fourth-order valence-electron chi connectivity index (χ4n) is 3.07. The normalized spacial score (nSPS) is 12.1. The summed E-state index contributed by atoms with van der Waals surface area (Å²) in [6, 6.07) is 25.9. The highest BCUT2D eigenvalue weighted by Crippen LogP contribution is 2.24. The molecule has 0 atom stereocenters. The topological polar surface area (TPSA) is 68.1 Å². The largest absolute Gasteiger partial charge is 0.506 e. The van der Waals surface area contributed by atoms with Gasteiger partial charge >= 0.3 is 5.97 Å². The maximum absolute atomic E-state index is 13.0. The predicted molar refractivity (Wildman–Crippen MR) is 122 cm³/mol. The quantitative estimate of drug-likeness (QED) is 0.237. The van der Waals surface area contributed by atoms with E-state index in [1.165, 1.54) is 0 Å². The zero-order valence-electron chi connectivity index (χ0n) is 17.6. The van der Waals surface area contributed by atoms with E-state index >= 15 is 0 Å². The van der Waals surface area contributed by atoms with Gasteiger partial charge in [0.2, 0.25) is 0 Å². The van der Waals surface area contributed by atoms with Gasteiger partial charge in [-0.2, -0.15) is 0 Å². The molecule has 0 saturated heterocycles. The number of carbonyl (C=O) groups is 1. The summed E-state index contributed by atoms with van der Waals surface area (Å²) in [5, 5.41) is 11.1. The molecule has 0 bridgehead atoms. The fourth-order valence-corrected chi connectivity index (χ4v) is 3.07. The Morgan fingerprint density at radius 1 is 0.871 bits per heavy atom. The zero-order chi connectivity index (χ0) is 22.1. The van der Waals surface area contributed by atoms with Crippen molar-refractivity contribution in [2.45, 2.75) is 13.5 Å². The average molecular weight is 415 g/mol. The molecule has 0 spiro atoms. The van der Waals surface area contributed by atoms with Gasteiger partial charge in [0.25, 0.3) is 0 Å². The smallest absolute Gasteiger partial charge is 0.344 e. The Balaban J connectivity index is 2.15. The third kappa shape index (κ3) is 5.60. The number of aliphatic hydroxyl groups excluding tert-OH is 1. The van der Waals surface area contributed by atoms with E-state index in [-0.39, 0.29) is 17.9 Å². The summed E-state index contributed by atoms with van der Waals surface area (Å²) in [4.78, 5) is 17.7. The van der Waals surface area contributed by atoms with Crippen molar-refractivity contribution in [3.63, 3.8) is 0 Å². The van der Waals surface area contributed by atoms with E-state index in [2.05, 4.69) is 0 Å². The lowest BCUT2D eigenvalue weighted by atomic mass is 9.98. The summed E-state index contributed by atoms with van der Waals surface area (Å²) in [6.07, 6.45) is 0. The van der Waals surface area contributed by atoms with Crippen molar-refractivity contribution in [2.24, 2.45) is 4.99 Å². The number of ether oxygens (including phenoxy) is 2. The van der Waals surface area contributed by atoms with Crippen LogP contribution in [0.4, 0.5) is 0 Å². The van der Waals surface area contributed by atoms with Crippen LogP contribution >= 0.6 is 0 Å². The first-order chi connectivity index (χ1) is 15.1. The maximum Gasteiger partial charge on any atom is 0.344 e. The lowest BCUT2D eigenvalue weighted by molar-refractivity contribution is -0.137. The molecule has 0 fully saturated rings. The number of aliphatic imine (C=N–C) groups is 1. The van der Waals surface area contributed by atoms with Gasteiger partial charge in [0, 0.05) is 11.1 Å². The van der Waals surface area contributed by atoms with Crippen LogP contribution in [0, 0.1) is 0 Å². The molecule has 0 amide bonds. The molecule has 0 aliphatic heterocycles. The van der Waals surface area contributed by atoms with E-state index in [1.807, 2.05) is 60.7 Å². The van der Waals surface area contributed by atoms with Crippen LogP contribution in [0.3, 0.4) is 0 Å². The lowest BCUT2D eigenvalue weighted by Crippen LogP contribution is -2.19. The number of benzene rings is 3. The van der Waals surface area contributed by atoms with Gasteiger partial charge in [0.15, 0.2) is 0 Å². The summed E-state index contributed by atoms with van der Waals surface area (Å²) in [6.45, 7) is 2.26. The number of carbonyl (C=O) groups excluding carboxylic acids is 1. The van der Waals surface area contributed by atoms with Crippen LogP contribution in [0.2, 0.25) is 0 Å². The Labute approximate surface area is 182 Å². The molecule has 31 heavy (non-hydrogen) atoms. The summed E-state index contributed by atoms with van der Waals surface area (Å²) in [5.41, 5.74) is 2.56. The molecular weight excluding hydrogens is 390 g/mol. The first kappa shape index (κ1) is 21.8. The zero-order valence-corrected chi connectivity index (χ0v) is 17.6. The molecule has 5 heteroatoms. The van der Waals surface area contributed by atoms with Gasteiger partial charge in [-0.25, -0.2) is 4.79 Å². The molecule has 158 valence electrons. The molecule has 3 aromatic rings. The second-order valence-corrected chi connectivity index (χ2v) is 6.69. The van der Waals surface area contributed by atoms with Crippen LogP contribution in [-0.4, -0.2) is 30.5 Å². The maximum atomic E-state index is 13.0. The van der Waals surface area contributed by atoms with Crippen molar-refractivity contribution >= 4 is 17.4 Å². The molecule has 0 aromatic heterocycles. The Kier molecular flexibility index (Phi) is 7.60. The second-order valence-electron chi connectivity index (χ2n) is 6.69. The summed E-state index contributed by atoms with van der Waals surface area (Å²) in [5.74, 6) is -0.182. The predicted octanol–water partition coefficient (Wildman–Crippen LogP) is 5.22. The van der Waals surface area contributed by atoms with Gasteiger partial charge in [-0.1, -0.05) is 60.7 Å². The Morgan fingerprint density at radius 2 is 1.48 bits per heavy atom. The molecule has 0 heterocycles. The first-order valence-corrected chi connectivity index (χ1v) is 10.0. The van der Waals surface area contributed by atoms with Crippen molar-refractivity contribution in [1.29, 1.82) is 0 Å². The van der Waals surface area contributed by atoms with Gasteiger partial charge < -0.3 is 14.6 Å². The van der Waals surface area contributed by atoms with Crippen LogP contribution in [0.25, 0.3) is 5.76 Å². The molecule has 1 N–H and O–H groups in total. The van der Waals surface area contributed by atoms with E-state index in [1.54, 1.807) is 38.3 Å². The molecular formula is C26H25NO4. The molecule has 5 nitrogen and oxygen atoms in total. The van der Waals surface area contributed by atoms with Gasteiger partial charge in [-0.3, -0.25) is 4.99 Å². The fraction of sp³-hybridized carbons (Fsp3) is 0.154. The van der Waals surface area contributed by atoms with E-state index in [9.17, 15) is 9.90 Å². The molecule has 0 aliphatic rings. The lowest BCUT2D eigenvalue weighted by Gasteiger charge is -2.14. The van der Waals surface area contributed by atoms with Gasteiger partial charge in [-0.15, -0.1) is 0 Å². The minimum absolute atomic E-state index is 0.0224. The van der Waals surface area contributed by atoms with Crippen molar-refractivity contribution in [3.8, 4) is 5.75 Å². The Bertz CT molecular complexity index is 1060. The molecule has 3 aromatic carbocycles. The molecule has 0 radical (unpaired) electrons. The third-order valence-corrected chi connectivity index (χ3v) is 4.63. The van der Waals surface area contributed by atoms with E-state index < -0.39 is 5.97 Å². The number of hydrogen-bond acceptors (Lipinski definition) is 5. The summed E-state index contributed by atoms with van der Waals surface area (Å²) in [7, 11) is 1.57. The van der Waals surface area contributed by atoms with Crippen LogP contribution in [-0.2, 0) is 16.1 Å². The van der Waals surface area contributed by atoms with Crippen molar-refractivity contribution < 1.29 is 19.4 Å². The second kappa shape index (κ2) is 10.8. The van der Waals surface area contributed by atoms with Crippen molar-refractivity contribution in [2.75, 3.05) is 13.7 Å². The van der Waals surface area contributed by atoms with Crippen molar-refractivity contribution in [3.05, 3.63) is 107 Å². The van der Waals surface area contributed by atoms with Crippen LogP contribution in [0.5, 0.6) is 5.75 Å². The van der Waals surface area contributed by atoms with E-state index in [0.29, 0.717) is 29.1 Å². The Morgan fingerprint density at radius 3 is 2.06 bits per heavy atom. The highest BCUT2D eigenvalue weighted by Gasteiger charge is 2.25. The number of esters is 1. The molecule has 0 aliphatic carbocycles. The van der Waals surface area contributed by atoms with Gasteiger partial charge in [0.1, 0.15) is 17.1 Å². The van der Waals surface area contributed by atoms with E-state index in [0.717, 1.165) is 5.56 Å². The summed E-state index contributed by atoms with van der Waals surface area (Å²) < 4.78 is 10.5. The third-order valence-electron chi connectivity index (χ3n) is 4.63. The highest BCUT2D eigenvalue weighted by atomic mass is 16.5. The van der Waals surface area contributed by atoms with Crippen LogP contribution in [0.1, 0.15) is 23.6 Å². The summed E-state index contributed by atoms with van der Waals surface area (Å²) >= 11 is 0. The standard InChI is InChI=1S/C26H25NO4/c1-3-31-26(29)23(25(28)21-14-16-22(30-2)17-15-21)24(20-12-8-5-9-13-20)27-18-19-10-6-4-7-11-19/h4-17,28H,3,18H2,1-2H3. The first-order valence-electron chi connectivity index (χ1n) is 10.0. The monoisotopic (exact) mass is 415 g/mol. The van der Waals surface area contributed by atoms with Crippen molar-refractivity contribution in [1.82, 2.24) is 0 Å². The number of aliphatic hydroxyl groups is 1. The van der Waals surface area contributed by atoms with E-state index in [4.69, 9.17) is 14.5 Å². The van der Waals surface area contributed by atoms with Crippen LogP contribution in [0.15, 0.2) is 95.5 Å². The molecule has 3 rings (SSSR count). The molecule has 0 saturated carbocycles. The minimum Gasteiger partial charge on any atom is -0.506 e. The highest BCUT2D eigenvalue weighted by molar-refractivity contribution is 6.30. The minimum atomic E-state index is -0.633. The number of methoxy groups -OCH3 is 1. The van der Waals surface area contributed by atoms with Crippen LogP contribution < -0.4 is 4.74 Å². The number of nitrogens with zero attached hydrogens (tertiary/aromatic N) is 1. The molecule has 0 unspecified atom stereocenters.